The first-order valence-electron chi connectivity index (χ1n) is 9.29. The molecule has 0 aliphatic carbocycles. The number of primary amides is 1. The number of rotatable bonds is 11. The fourth-order valence-electron chi connectivity index (χ4n) is 2.94. The Labute approximate surface area is 172 Å². The summed E-state index contributed by atoms with van der Waals surface area (Å²) in [4.78, 5) is 36.4. The summed E-state index contributed by atoms with van der Waals surface area (Å²) in [6, 6.07) is 6.54. The average Bonchev–Trinajstić information content (AvgIpc) is 2.64. The first-order chi connectivity index (χ1) is 13.2. The van der Waals surface area contributed by atoms with Crippen LogP contribution in [0.2, 0.25) is 0 Å². The molecular formula is C20H31N3O4S. The standard InChI is InChI=1S/C20H31N3O4S/c1-12(2)9-15(19(21)25)17(28)11-18(24)23-16(20(26)22-3)10-13-5-7-14(27-4)8-6-13/h5-8,12,15-17,28H,9-11H2,1-4H3,(H2,21,25)(H,22,26)(H,23,24)/t15?,16-,17?/m0/s1. The van der Waals surface area contributed by atoms with Crippen LogP contribution in [-0.2, 0) is 20.8 Å². The van der Waals surface area contributed by atoms with Crippen molar-refractivity contribution in [1.82, 2.24) is 10.6 Å². The van der Waals surface area contributed by atoms with Crippen LogP contribution in [0.1, 0.15) is 32.3 Å². The van der Waals surface area contributed by atoms with Crippen LogP contribution in [-0.4, -0.2) is 43.2 Å². The van der Waals surface area contributed by atoms with E-state index in [2.05, 4.69) is 23.3 Å². The minimum absolute atomic E-state index is 0.000452. The first kappa shape index (κ1) is 23.8. The zero-order valence-corrected chi connectivity index (χ0v) is 17.8. The van der Waals surface area contributed by atoms with Gasteiger partial charge in [0, 0.05) is 25.1 Å². The van der Waals surface area contributed by atoms with Crippen LogP contribution in [0.15, 0.2) is 24.3 Å². The molecule has 0 fully saturated rings. The predicted molar refractivity (Wildman–Crippen MR) is 112 cm³/mol. The third-order valence-electron chi connectivity index (χ3n) is 4.45. The van der Waals surface area contributed by atoms with Gasteiger partial charge in [0.25, 0.3) is 0 Å². The zero-order valence-electron chi connectivity index (χ0n) is 16.9. The monoisotopic (exact) mass is 409 g/mol. The molecule has 0 bridgehead atoms. The Balaban J connectivity index is 2.77. The number of ether oxygens (including phenoxy) is 1. The number of hydrogen-bond acceptors (Lipinski definition) is 5. The van der Waals surface area contributed by atoms with Gasteiger partial charge >= 0.3 is 0 Å². The van der Waals surface area contributed by atoms with Gasteiger partial charge in [0.2, 0.25) is 17.7 Å². The van der Waals surface area contributed by atoms with Crippen molar-refractivity contribution >= 4 is 30.4 Å². The number of amides is 3. The van der Waals surface area contributed by atoms with Crippen molar-refractivity contribution in [2.45, 2.75) is 44.4 Å². The van der Waals surface area contributed by atoms with E-state index >= 15 is 0 Å². The van der Waals surface area contributed by atoms with Crippen molar-refractivity contribution in [3.63, 3.8) is 0 Å². The zero-order chi connectivity index (χ0) is 21.3. The number of carbonyl (C=O) groups excluding carboxylic acids is 3. The molecule has 28 heavy (non-hydrogen) atoms. The normalized spacial score (nSPS) is 14.1. The first-order valence-corrected chi connectivity index (χ1v) is 9.80. The van der Waals surface area contributed by atoms with Crippen molar-refractivity contribution < 1.29 is 19.1 Å². The molecule has 3 amide bonds. The van der Waals surface area contributed by atoms with E-state index in [0.29, 0.717) is 18.6 Å². The fourth-order valence-corrected chi connectivity index (χ4v) is 3.37. The summed E-state index contributed by atoms with van der Waals surface area (Å²) in [6.45, 7) is 3.96. The second-order valence-electron chi connectivity index (χ2n) is 7.20. The largest absolute Gasteiger partial charge is 0.497 e. The Morgan fingerprint density at radius 3 is 2.25 bits per heavy atom. The molecular weight excluding hydrogens is 378 g/mol. The number of hydrogen-bond donors (Lipinski definition) is 4. The molecule has 0 aliphatic rings. The predicted octanol–water partition coefficient (Wildman–Crippen LogP) is 1.30. The SMILES string of the molecule is CNC(=O)[C@H](Cc1ccc(OC)cc1)NC(=O)CC(S)C(CC(C)C)C(N)=O. The van der Waals surface area contributed by atoms with Gasteiger partial charge in [0.15, 0.2) is 0 Å². The summed E-state index contributed by atoms with van der Waals surface area (Å²) in [5.74, 6) is -0.656. The van der Waals surface area contributed by atoms with E-state index < -0.39 is 23.1 Å². The molecule has 8 heteroatoms. The highest BCUT2D eigenvalue weighted by atomic mass is 32.1. The number of methoxy groups -OCH3 is 1. The van der Waals surface area contributed by atoms with Crippen LogP contribution in [0.5, 0.6) is 5.75 Å². The molecule has 0 saturated heterocycles. The molecule has 0 radical (unpaired) electrons. The van der Waals surface area contributed by atoms with Crippen LogP contribution < -0.4 is 21.1 Å². The highest BCUT2D eigenvalue weighted by molar-refractivity contribution is 7.81. The van der Waals surface area contributed by atoms with E-state index in [9.17, 15) is 14.4 Å². The number of likely N-dealkylation sites (N-methyl/N-ethyl adjacent to an activating group) is 1. The Hall–Kier alpha value is -2.22. The molecule has 1 rings (SSSR count). The van der Waals surface area contributed by atoms with Gasteiger partial charge in [-0.3, -0.25) is 14.4 Å². The van der Waals surface area contributed by atoms with Gasteiger partial charge in [0.05, 0.1) is 13.0 Å². The third-order valence-corrected chi connectivity index (χ3v) is 4.99. The third kappa shape index (κ3) is 7.80. The molecule has 3 atom stereocenters. The lowest BCUT2D eigenvalue weighted by Gasteiger charge is -2.23. The Morgan fingerprint density at radius 1 is 1.18 bits per heavy atom. The number of nitrogens with two attached hydrogens (primary N) is 1. The molecule has 7 nitrogen and oxygen atoms in total. The lowest BCUT2D eigenvalue weighted by molar-refractivity contribution is -0.129. The molecule has 0 aliphatic heterocycles. The van der Waals surface area contributed by atoms with Gasteiger partial charge in [-0.05, 0) is 30.0 Å². The smallest absolute Gasteiger partial charge is 0.242 e. The minimum Gasteiger partial charge on any atom is -0.497 e. The summed E-state index contributed by atoms with van der Waals surface area (Å²) in [5, 5.41) is 4.79. The van der Waals surface area contributed by atoms with E-state index in [-0.39, 0.29) is 24.2 Å². The van der Waals surface area contributed by atoms with E-state index in [4.69, 9.17) is 10.5 Å². The van der Waals surface area contributed by atoms with Gasteiger partial charge in [-0.15, -0.1) is 0 Å². The van der Waals surface area contributed by atoms with Crippen LogP contribution in [0.4, 0.5) is 0 Å². The maximum atomic E-state index is 12.5. The molecule has 2 unspecified atom stereocenters. The number of thiol groups is 1. The molecule has 1 aromatic carbocycles. The van der Waals surface area contributed by atoms with Gasteiger partial charge in [-0.25, -0.2) is 0 Å². The lowest BCUT2D eigenvalue weighted by atomic mass is 9.91. The molecule has 0 heterocycles. The Morgan fingerprint density at radius 2 is 1.79 bits per heavy atom. The lowest BCUT2D eigenvalue weighted by Crippen LogP contribution is -2.48. The number of benzene rings is 1. The second-order valence-corrected chi connectivity index (χ2v) is 7.86. The summed E-state index contributed by atoms with van der Waals surface area (Å²) in [7, 11) is 3.09. The molecule has 0 saturated carbocycles. The summed E-state index contributed by atoms with van der Waals surface area (Å²) in [5.41, 5.74) is 6.35. The average molecular weight is 410 g/mol. The van der Waals surface area contributed by atoms with Crippen LogP contribution >= 0.6 is 12.6 Å². The van der Waals surface area contributed by atoms with Gasteiger partial charge in [0.1, 0.15) is 11.8 Å². The Kier molecular flexibility index (Phi) is 9.85. The second kappa shape index (κ2) is 11.6. The molecule has 4 N–H and O–H groups in total. The molecule has 0 aromatic heterocycles. The number of carbonyl (C=O) groups is 3. The van der Waals surface area contributed by atoms with Gasteiger partial charge < -0.3 is 21.1 Å². The van der Waals surface area contributed by atoms with Crippen molar-refractivity contribution in [2.24, 2.45) is 17.6 Å². The fraction of sp³-hybridized carbons (Fsp3) is 0.550. The van der Waals surface area contributed by atoms with Crippen LogP contribution in [0.3, 0.4) is 0 Å². The minimum atomic E-state index is -0.733. The Bertz CT molecular complexity index is 664. The van der Waals surface area contributed by atoms with E-state index in [1.54, 1.807) is 19.2 Å². The van der Waals surface area contributed by atoms with Crippen molar-refractivity contribution in [1.29, 1.82) is 0 Å². The van der Waals surface area contributed by atoms with Gasteiger partial charge in [-0.1, -0.05) is 26.0 Å². The van der Waals surface area contributed by atoms with E-state index in [1.807, 2.05) is 26.0 Å². The molecule has 0 spiro atoms. The maximum Gasteiger partial charge on any atom is 0.242 e. The highest BCUT2D eigenvalue weighted by Gasteiger charge is 2.28. The van der Waals surface area contributed by atoms with Crippen molar-refractivity contribution in [2.75, 3.05) is 14.2 Å². The summed E-state index contributed by atoms with van der Waals surface area (Å²) >= 11 is 4.42. The highest BCUT2D eigenvalue weighted by Crippen LogP contribution is 2.22. The quantitative estimate of drug-likeness (QED) is 0.413. The van der Waals surface area contributed by atoms with E-state index in [0.717, 1.165) is 5.56 Å². The van der Waals surface area contributed by atoms with Crippen LogP contribution in [0, 0.1) is 11.8 Å². The maximum absolute atomic E-state index is 12.5. The van der Waals surface area contributed by atoms with E-state index in [1.165, 1.54) is 7.05 Å². The molecule has 156 valence electrons. The molecule has 1 aromatic rings. The van der Waals surface area contributed by atoms with Crippen LogP contribution in [0.25, 0.3) is 0 Å². The van der Waals surface area contributed by atoms with Crippen molar-refractivity contribution in [3.05, 3.63) is 29.8 Å². The van der Waals surface area contributed by atoms with Gasteiger partial charge in [-0.2, -0.15) is 12.6 Å². The van der Waals surface area contributed by atoms with Crippen molar-refractivity contribution in [3.8, 4) is 5.75 Å². The number of nitrogens with one attached hydrogen (secondary N) is 2. The topological polar surface area (TPSA) is 111 Å². The summed E-state index contributed by atoms with van der Waals surface area (Å²) in [6.07, 6.45) is 0.888. The summed E-state index contributed by atoms with van der Waals surface area (Å²) < 4.78 is 5.12.